The summed E-state index contributed by atoms with van der Waals surface area (Å²) in [6.07, 6.45) is 0. The van der Waals surface area contributed by atoms with Gasteiger partial charge in [-0.2, -0.15) is 5.26 Å². The van der Waals surface area contributed by atoms with Gasteiger partial charge in [0.1, 0.15) is 11.4 Å². The molecule has 0 radical (unpaired) electrons. The fraction of sp³-hybridized carbons (Fsp3) is 0.286. The molecular weight excluding hydrogens is 408 g/mol. The molecule has 10 nitrogen and oxygen atoms in total. The Labute approximate surface area is 178 Å². The van der Waals surface area contributed by atoms with Gasteiger partial charge in [0.25, 0.3) is 0 Å². The van der Waals surface area contributed by atoms with Crippen molar-refractivity contribution in [1.29, 1.82) is 5.26 Å². The van der Waals surface area contributed by atoms with E-state index in [0.717, 1.165) is 33.3 Å². The summed E-state index contributed by atoms with van der Waals surface area (Å²) in [4.78, 5) is 51.9. The molecule has 0 amide bonds. The van der Waals surface area contributed by atoms with Crippen molar-refractivity contribution >= 4 is 23.9 Å². The lowest BCUT2D eigenvalue weighted by Crippen LogP contribution is -2.40. The summed E-state index contributed by atoms with van der Waals surface area (Å²) in [5.41, 5.74) is -0.677. The third kappa shape index (κ3) is 4.11. The number of carbonyl (C=O) groups is 4. The molecular formula is C21H20N2O8. The van der Waals surface area contributed by atoms with Crippen LogP contribution in [0.25, 0.3) is 0 Å². The van der Waals surface area contributed by atoms with Crippen molar-refractivity contribution in [3.8, 4) is 6.07 Å². The molecule has 1 aromatic rings. The molecule has 1 aliphatic rings. The van der Waals surface area contributed by atoms with Gasteiger partial charge in [-0.1, -0.05) is 12.1 Å². The fourth-order valence-corrected chi connectivity index (χ4v) is 3.35. The van der Waals surface area contributed by atoms with Crippen LogP contribution in [-0.4, -0.2) is 64.3 Å². The number of esters is 4. The van der Waals surface area contributed by atoms with E-state index in [4.69, 9.17) is 18.9 Å². The standard InChI is InChI=1S/C21H20N2O8/c1-23-16(20(26)30-4)14(18(24)28-2)13(12-8-6-7-11(9-12)10-22)15(19(25)29-3)17(23)21(27)31-5/h6-9,13H,1-5H3. The Morgan fingerprint density at radius 3 is 1.68 bits per heavy atom. The molecule has 2 rings (SSSR count). The maximum absolute atomic E-state index is 12.8. The molecule has 0 atom stereocenters. The predicted octanol–water partition coefficient (Wildman–Crippen LogP) is 0.787. The lowest BCUT2D eigenvalue weighted by Gasteiger charge is -2.35. The zero-order chi connectivity index (χ0) is 23.3. The Hall–Kier alpha value is -4.13. The average molecular weight is 428 g/mol. The van der Waals surface area contributed by atoms with Gasteiger partial charge in [-0.15, -0.1) is 0 Å². The van der Waals surface area contributed by atoms with Crippen molar-refractivity contribution in [2.75, 3.05) is 35.5 Å². The third-order valence-corrected chi connectivity index (χ3v) is 4.68. The number of likely N-dealkylation sites (N-methyl/N-ethyl adjacent to an activating group) is 1. The summed E-state index contributed by atoms with van der Waals surface area (Å²) in [6, 6.07) is 7.97. The van der Waals surface area contributed by atoms with Gasteiger partial charge in [0.15, 0.2) is 0 Å². The Morgan fingerprint density at radius 2 is 1.29 bits per heavy atom. The number of carbonyl (C=O) groups excluding carboxylic acids is 4. The second kappa shape index (κ2) is 9.58. The van der Waals surface area contributed by atoms with E-state index in [1.54, 1.807) is 0 Å². The normalized spacial score (nSPS) is 14.0. The van der Waals surface area contributed by atoms with Crippen LogP contribution in [0.5, 0.6) is 0 Å². The SMILES string of the molecule is COC(=O)C1=C(C(=O)OC)N(C)C(C(=O)OC)=C(C(=O)OC)C1c1cccc(C#N)c1. The summed E-state index contributed by atoms with van der Waals surface area (Å²) in [7, 11) is 5.70. The lowest BCUT2D eigenvalue weighted by molar-refractivity contribution is -0.144. The van der Waals surface area contributed by atoms with Crippen molar-refractivity contribution in [1.82, 2.24) is 4.90 Å². The van der Waals surface area contributed by atoms with Gasteiger partial charge in [0.2, 0.25) is 0 Å². The number of benzene rings is 1. The van der Waals surface area contributed by atoms with Crippen LogP contribution in [0.1, 0.15) is 17.0 Å². The van der Waals surface area contributed by atoms with Gasteiger partial charge < -0.3 is 23.8 Å². The van der Waals surface area contributed by atoms with Crippen LogP contribution in [-0.2, 0) is 38.1 Å². The highest BCUT2D eigenvalue weighted by Crippen LogP contribution is 2.43. The van der Waals surface area contributed by atoms with Gasteiger partial charge in [0.05, 0.1) is 57.1 Å². The van der Waals surface area contributed by atoms with E-state index in [9.17, 15) is 24.4 Å². The van der Waals surface area contributed by atoms with E-state index >= 15 is 0 Å². The smallest absolute Gasteiger partial charge is 0.355 e. The van der Waals surface area contributed by atoms with Gasteiger partial charge in [-0.05, 0) is 17.7 Å². The van der Waals surface area contributed by atoms with Gasteiger partial charge >= 0.3 is 23.9 Å². The maximum Gasteiger partial charge on any atom is 0.355 e. The Kier molecular flexibility index (Phi) is 7.15. The zero-order valence-corrected chi connectivity index (χ0v) is 17.5. The fourth-order valence-electron chi connectivity index (χ4n) is 3.35. The van der Waals surface area contributed by atoms with Gasteiger partial charge in [0, 0.05) is 7.05 Å². The minimum Gasteiger partial charge on any atom is -0.466 e. The first kappa shape index (κ1) is 23.2. The van der Waals surface area contributed by atoms with E-state index in [0.29, 0.717) is 0 Å². The molecule has 1 aliphatic heterocycles. The highest BCUT2D eigenvalue weighted by molar-refractivity contribution is 6.10. The summed E-state index contributed by atoms with van der Waals surface area (Å²) >= 11 is 0. The van der Waals surface area contributed by atoms with E-state index in [1.165, 1.54) is 31.3 Å². The molecule has 31 heavy (non-hydrogen) atoms. The van der Waals surface area contributed by atoms with Crippen molar-refractivity contribution in [3.63, 3.8) is 0 Å². The molecule has 1 heterocycles. The first-order valence-corrected chi connectivity index (χ1v) is 8.82. The molecule has 0 fully saturated rings. The van der Waals surface area contributed by atoms with E-state index in [2.05, 4.69) is 0 Å². The van der Waals surface area contributed by atoms with Gasteiger partial charge in [-0.25, -0.2) is 19.2 Å². The first-order chi connectivity index (χ1) is 14.8. The van der Waals surface area contributed by atoms with Gasteiger partial charge in [-0.3, -0.25) is 0 Å². The van der Waals surface area contributed by atoms with Crippen LogP contribution in [0.4, 0.5) is 0 Å². The molecule has 0 saturated heterocycles. The number of hydrogen-bond donors (Lipinski definition) is 0. The van der Waals surface area contributed by atoms with Crippen molar-refractivity contribution in [2.24, 2.45) is 0 Å². The number of nitrogens with zero attached hydrogens (tertiary/aromatic N) is 2. The van der Waals surface area contributed by atoms with Crippen LogP contribution >= 0.6 is 0 Å². The van der Waals surface area contributed by atoms with Crippen LogP contribution in [0, 0.1) is 11.3 Å². The van der Waals surface area contributed by atoms with Crippen molar-refractivity contribution in [2.45, 2.75) is 5.92 Å². The number of methoxy groups -OCH3 is 4. The average Bonchev–Trinajstić information content (AvgIpc) is 2.80. The van der Waals surface area contributed by atoms with E-state index in [1.807, 2.05) is 6.07 Å². The number of ether oxygens (including phenoxy) is 4. The van der Waals surface area contributed by atoms with Crippen molar-refractivity contribution < 1.29 is 38.1 Å². The number of nitriles is 1. The highest BCUT2D eigenvalue weighted by atomic mass is 16.5. The Balaban J connectivity index is 3.05. The molecule has 0 aromatic heterocycles. The third-order valence-electron chi connectivity index (χ3n) is 4.68. The van der Waals surface area contributed by atoms with Crippen LogP contribution in [0.2, 0.25) is 0 Å². The maximum atomic E-state index is 12.8. The molecule has 0 N–H and O–H groups in total. The molecule has 0 aliphatic carbocycles. The Morgan fingerprint density at radius 1 is 0.839 bits per heavy atom. The van der Waals surface area contributed by atoms with Crippen LogP contribution < -0.4 is 0 Å². The van der Waals surface area contributed by atoms with Crippen molar-refractivity contribution in [3.05, 3.63) is 57.9 Å². The summed E-state index contributed by atoms with van der Waals surface area (Å²) < 4.78 is 19.4. The lowest BCUT2D eigenvalue weighted by atomic mass is 9.79. The zero-order valence-electron chi connectivity index (χ0n) is 17.5. The number of hydrogen-bond acceptors (Lipinski definition) is 10. The predicted molar refractivity (Wildman–Crippen MR) is 104 cm³/mol. The minimum atomic E-state index is -1.28. The van der Waals surface area contributed by atoms with E-state index in [-0.39, 0.29) is 33.7 Å². The molecule has 1 aromatic carbocycles. The van der Waals surface area contributed by atoms with E-state index < -0.39 is 29.8 Å². The number of rotatable bonds is 5. The quantitative estimate of drug-likeness (QED) is 0.489. The monoisotopic (exact) mass is 428 g/mol. The summed E-state index contributed by atoms with van der Waals surface area (Å²) in [5.74, 6) is -5.06. The molecule has 0 spiro atoms. The molecule has 162 valence electrons. The molecule has 0 saturated carbocycles. The Bertz CT molecular complexity index is 994. The summed E-state index contributed by atoms with van der Waals surface area (Å²) in [5, 5.41) is 9.29. The second-order valence-electron chi connectivity index (χ2n) is 6.22. The molecule has 10 heteroatoms. The topological polar surface area (TPSA) is 132 Å². The highest BCUT2D eigenvalue weighted by Gasteiger charge is 2.46. The summed E-state index contributed by atoms with van der Waals surface area (Å²) in [6.45, 7) is 0. The van der Waals surface area contributed by atoms with Crippen LogP contribution in [0.3, 0.4) is 0 Å². The molecule has 0 bridgehead atoms. The largest absolute Gasteiger partial charge is 0.466 e. The minimum absolute atomic E-state index is 0.226. The molecule has 0 unspecified atom stereocenters. The second-order valence-corrected chi connectivity index (χ2v) is 6.22. The first-order valence-electron chi connectivity index (χ1n) is 8.82. The van der Waals surface area contributed by atoms with Crippen LogP contribution in [0.15, 0.2) is 46.8 Å².